The highest BCUT2D eigenvalue weighted by Gasteiger charge is 2.30. The zero-order chi connectivity index (χ0) is 22.6. The fourth-order valence-corrected chi connectivity index (χ4v) is 4.05. The summed E-state index contributed by atoms with van der Waals surface area (Å²) in [5, 5.41) is 4.13. The van der Waals surface area contributed by atoms with E-state index >= 15 is 0 Å². The highest BCUT2D eigenvalue weighted by Crippen LogP contribution is 2.39. The molecule has 0 unspecified atom stereocenters. The van der Waals surface area contributed by atoms with Crippen LogP contribution in [-0.2, 0) is 4.79 Å². The number of nitrogens with one attached hydrogen (secondary N) is 1. The van der Waals surface area contributed by atoms with Crippen LogP contribution in [0.4, 0.5) is 5.69 Å². The molecular formula is C25H31N3O3. The Kier molecular flexibility index (Phi) is 6.68. The Morgan fingerprint density at radius 1 is 1.19 bits per heavy atom. The molecule has 0 saturated heterocycles. The van der Waals surface area contributed by atoms with Gasteiger partial charge < -0.3 is 14.4 Å². The van der Waals surface area contributed by atoms with Gasteiger partial charge >= 0.3 is 0 Å². The van der Waals surface area contributed by atoms with Gasteiger partial charge in [0.1, 0.15) is 0 Å². The molecule has 31 heavy (non-hydrogen) atoms. The summed E-state index contributed by atoms with van der Waals surface area (Å²) in [7, 11) is 1.56. The molecule has 0 aromatic heterocycles. The number of ether oxygens (including phenoxy) is 2. The summed E-state index contributed by atoms with van der Waals surface area (Å²) in [6, 6.07) is 11.5. The summed E-state index contributed by atoms with van der Waals surface area (Å²) in [5.74, 6) is 0.754. The molecule has 6 nitrogen and oxygen atoms in total. The second kappa shape index (κ2) is 9.25. The van der Waals surface area contributed by atoms with E-state index < -0.39 is 0 Å². The quantitative estimate of drug-likeness (QED) is 0.526. The van der Waals surface area contributed by atoms with Gasteiger partial charge in [-0.3, -0.25) is 4.79 Å². The molecule has 0 saturated carbocycles. The summed E-state index contributed by atoms with van der Waals surface area (Å²) < 4.78 is 10.7. The molecule has 0 aliphatic carbocycles. The predicted molar refractivity (Wildman–Crippen MR) is 126 cm³/mol. The number of hydrogen-bond donors (Lipinski definition) is 1. The van der Waals surface area contributed by atoms with E-state index in [1.807, 2.05) is 12.1 Å². The number of likely N-dealkylation sites (N-methyl/N-ethyl adjacent to an activating group) is 1. The van der Waals surface area contributed by atoms with Gasteiger partial charge in [0.25, 0.3) is 5.91 Å². The Labute approximate surface area is 184 Å². The van der Waals surface area contributed by atoms with Gasteiger partial charge in [-0.25, -0.2) is 5.43 Å². The van der Waals surface area contributed by atoms with Crippen molar-refractivity contribution >= 4 is 23.4 Å². The van der Waals surface area contributed by atoms with Gasteiger partial charge in [0.05, 0.1) is 18.9 Å². The number of para-hydroxylation sites is 2. The fourth-order valence-electron chi connectivity index (χ4n) is 4.05. The van der Waals surface area contributed by atoms with E-state index in [9.17, 15) is 4.79 Å². The van der Waals surface area contributed by atoms with E-state index in [1.165, 1.54) is 16.8 Å². The monoisotopic (exact) mass is 421 g/mol. The first-order chi connectivity index (χ1) is 14.8. The molecule has 1 N–H and O–H groups in total. The first-order valence-electron chi connectivity index (χ1n) is 10.5. The number of methoxy groups -OCH3 is 1. The van der Waals surface area contributed by atoms with Crippen LogP contribution in [-0.4, -0.2) is 37.9 Å². The molecule has 2 aromatic carbocycles. The lowest BCUT2D eigenvalue weighted by atomic mass is 9.87. The van der Waals surface area contributed by atoms with Gasteiger partial charge in [0, 0.05) is 17.8 Å². The van der Waals surface area contributed by atoms with Crippen LogP contribution >= 0.6 is 0 Å². The molecule has 0 radical (unpaired) electrons. The first-order valence-corrected chi connectivity index (χ1v) is 10.5. The van der Waals surface area contributed by atoms with Crippen LogP contribution in [0.3, 0.4) is 0 Å². The van der Waals surface area contributed by atoms with E-state index in [0.717, 1.165) is 17.7 Å². The Morgan fingerprint density at radius 3 is 2.58 bits per heavy atom. The molecule has 2 aromatic rings. The number of aryl methyl sites for hydroxylation is 1. The Morgan fingerprint density at radius 2 is 1.90 bits per heavy atom. The van der Waals surface area contributed by atoms with Crippen molar-refractivity contribution in [2.75, 3.05) is 25.2 Å². The average molecular weight is 422 g/mol. The zero-order valence-electron chi connectivity index (χ0n) is 19.2. The van der Waals surface area contributed by atoms with Gasteiger partial charge in [-0.2, -0.15) is 5.10 Å². The molecule has 3 rings (SSSR count). The molecule has 0 fully saturated rings. The third-order valence-electron chi connectivity index (χ3n) is 5.50. The van der Waals surface area contributed by atoms with E-state index in [4.69, 9.17) is 9.47 Å². The molecule has 1 heterocycles. The summed E-state index contributed by atoms with van der Waals surface area (Å²) in [6.07, 6.45) is 3.98. The minimum Gasteiger partial charge on any atom is -0.493 e. The standard InChI is InChI=1S/C25H31N3O3/c1-7-28-21-12-17(2)19(13-20(21)18(3)14-25(28,4)5)15-26-27-24(29)16-31-23-11-9-8-10-22(23)30-6/h8-15H,7,16H2,1-6H3,(H,27,29)/b26-15-. The van der Waals surface area contributed by atoms with E-state index in [2.05, 4.69) is 68.3 Å². The smallest absolute Gasteiger partial charge is 0.277 e. The van der Waals surface area contributed by atoms with Crippen LogP contribution in [0.5, 0.6) is 11.5 Å². The van der Waals surface area contributed by atoms with Crippen molar-refractivity contribution in [2.24, 2.45) is 5.10 Å². The maximum Gasteiger partial charge on any atom is 0.277 e. The number of hydrazone groups is 1. The fraction of sp³-hybridized carbons (Fsp3) is 0.360. The largest absolute Gasteiger partial charge is 0.493 e. The molecule has 0 atom stereocenters. The molecule has 6 heteroatoms. The van der Waals surface area contributed by atoms with Crippen molar-refractivity contribution in [3.63, 3.8) is 0 Å². The Bertz CT molecular complexity index is 1020. The number of nitrogens with zero attached hydrogens (tertiary/aromatic N) is 2. The molecule has 1 aliphatic rings. The number of fused-ring (bicyclic) bond motifs is 1. The van der Waals surface area contributed by atoms with E-state index in [1.54, 1.807) is 25.5 Å². The maximum absolute atomic E-state index is 12.1. The highest BCUT2D eigenvalue weighted by atomic mass is 16.5. The second-order valence-corrected chi connectivity index (χ2v) is 8.18. The maximum atomic E-state index is 12.1. The van der Waals surface area contributed by atoms with Crippen molar-refractivity contribution in [1.82, 2.24) is 5.43 Å². The van der Waals surface area contributed by atoms with Crippen LogP contribution in [0.25, 0.3) is 5.57 Å². The van der Waals surface area contributed by atoms with Crippen LogP contribution in [0.15, 0.2) is 47.6 Å². The van der Waals surface area contributed by atoms with Crippen molar-refractivity contribution in [3.8, 4) is 11.5 Å². The minimum atomic E-state index is -0.340. The molecule has 1 amide bonds. The van der Waals surface area contributed by atoms with Gasteiger partial charge in [0.15, 0.2) is 18.1 Å². The normalized spacial score (nSPS) is 14.8. The molecular weight excluding hydrogens is 390 g/mol. The number of benzene rings is 2. The SMILES string of the molecule is CCN1c2cc(C)c(/C=N\NC(=O)COc3ccccc3OC)cc2C(C)=CC1(C)C. The van der Waals surface area contributed by atoms with E-state index in [0.29, 0.717) is 11.5 Å². The van der Waals surface area contributed by atoms with Gasteiger partial charge in [-0.1, -0.05) is 18.2 Å². The van der Waals surface area contributed by atoms with Crippen molar-refractivity contribution in [2.45, 2.75) is 40.2 Å². The van der Waals surface area contributed by atoms with Crippen molar-refractivity contribution in [1.29, 1.82) is 0 Å². The number of amides is 1. The molecule has 164 valence electrons. The second-order valence-electron chi connectivity index (χ2n) is 8.18. The molecule has 0 bridgehead atoms. The first kappa shape index (κ1) is 22.4. The molecule has 0 spiro atoms. The minimum absolute atomic E-state index is 0.0245. The number of carbonyl (C=O) groups excluding carboxylic acids is 1. The van der Waals surface area contributed by atoms with Crippen LogP contribution < -0.4 is 19.8 Å². The molecule has 1 aliphatic heterocycles. The van der Waals surface area contributed by atoms with Crippen molar-refractivity contribution < 1.29 is 14.3 Å². The lowest BCUT2D eigenvalue weighted by Crippen LogP contribution is -2.45. The van der Waals surface area contributed by atoms with Gasteiger partial charge in [-0.15, -0.1) is 0 Å². The number of hydrogen-bond acceptors (Lipinski definition) is 5. The van der Waals surface area contributed by atoms with Gasteiger partial charge in [0.2, 0.25) is 0 Å². The number of allylic oxidation sites excluding steroid dienone is 1. The summed E-state index contributed by atoms with van der Waals surface area (Å²) >= 11 is 0. The summed E-state index contributed by atoms with van der Waals surface area (Å²) in [5.41, 5.74) is 8.24. The van der Waals surface area contributed by atoms with Crippen LogP contribution in [0, 0.1) is 6.92 Å². The zero-order valence-corrected chi connectivity index (χ0v) is 19.2. The van der Waals surface area contributed by atoms with Crippen molar-refractivity contribution in [3.05, 3.63) is 59.2 Å². The van der Waals surface area contributed by atoms with Crippen LogP contribution in [0.2, 0.25) is 0 Å². The van der Waals surface area contributed by atoms with E-state index in [-0.39, 0.29) is 18.1 Å². The lowest BCUT2D eigenvalue weighted by Gasteiger charge is -2.43. The number of anilines is 1. The third kappa shape index (κ3) is 4.90. The summed E-state index contributed by atoms with van der Waals surface area (Å²) in [6.45, 7) is 11.6. The average Bonchev–Trinajstić information content (AvgIpc) is 2.73. The Hall–Kier alpha value is -3.28. The van der Waals surface area contributed by atoms with Gasteiger partial charge in [-0.05, 0) is 75.6 Å². The third-order valence-corrected chi connectivity index (χ3v) is 5.50. The topological polar surface area (TPSA) is 63.2 Å². The van der Waals surface area contributed by atoms with Crippen LogP contribution in [0.1, 0.15) is 44.4 Å². The number of carbonyl (C=O) groups is 1. The number of rotatable bonds is 7. The Balaban J connectivity index is 1.69. The summed E-state index contributed by atoms with van der Waals surface area (Å²) in [4.78, 5) is 14.5. The predicted octanol–water partition coefficient (Wildman–Crippen LogP) is 4.55. The highest BCUT2D eigenvalue weighted by molar-refractivity contribution is 5.90. The lowest BCUT2D eigenvalue weighted by molar-refractivity contribution is -0.123.